The van der Waals surface area contributed by atoms with Crippen molar-refractivity contribution in [2.24, 2.45) is 5.73 Å². The predicted octanol–water partition coefficient (Wildman–Crippen LogP) is 0.788. The Balaban J connectivity index is 2.58. The number of hydrogen-bond acceptors (Lipinski definition) is 4. The molecule has 0 aliphatic heterocycles. The molecule has 0 saturated carbocycles. The minimum absolute atomic E-state index is 0.0555. The van der Waals surface area contributed by atoms with Crippen molar-refractivity contribution >= 4 is 20.6 Å². The van der Waals surface area contributed by atoms with Crippen LogP contribution in [-0.2, 0) is 20.6 Å². The highest BCUT2D eigenvalue weighted by molar-refractivity contribution is 7.92. The van der Waals surface area contributed by atoms with E-state index in [4.69, 9.17) is 5.73 Å². The third-order valence-electron chi connectivity index (χ3n) is 2.64. The van der Waals surface area contributed by atoms with Crippen molar-refractivity contribution in [1.29, 1.82) is 0 Å². The molecule has 1 rings (SSSR count). The van der Waals surface area contributed by atoms with Crippen LogP contribution in [0, 0.1) is 6.92 Å². The monoisotopic (exact) mass is 289 g/mol. The zero-order valence-corrected chi connectivity index (χ0v) is 12.3. The molecule has 102 valence electrons. The minimum Gasteiger partial charge on any atom is -0.323 e. The third-order valence-corrected chi connectivity index (χ3v) is 5.23. The summed E-state index contributed by atoms with van der Waals surface area (Å²) >= 11 is 0. The number of aryl methyl sites for hydroxylation is 1. The minimum atomic E-state index is -3.06. The van der Waals surface area contributed by atoms with Gasteiger partial charge in [-0.25, -0.2) is 8.42 Å². The molecule has 2 N–H and O–H groups in total. The van der Waals surface area contributed by atoms with Crippen LogP contribution in [0.1, 0.15) is 17.2 Å². The van der Waals surface area contributed by atoms with E-state index >= 15 is 0 Å². The largest absolute Gasteiger partial charge is 0.323 e. The first-order valence-electron chi connectivity index (χ1n) is 5.63. The zero-order chi connectivity index (χ0) is 13.8. The number of sulfone groups is 1. The first-order valence-corrected chi connectivity index (χ1v) is 9.18. The van der Waals surface area contributed by atoms with Gasteiger partial charge in [0.05, 0.1) is 5.75 Å². The quantitative estimate of drug-likeness (QED) is 0.840. The van der Waals surface area contributed by atoms with E-state index < -0.39 is 20.6 Å². The topological polar surface area (TPSA) is 77.2 Å². The van der Waals surface area contributed by atoms with Gasteiger partial charge in [0.25, 0.3) is 0 Å². The lowest BCUT2D eigenvalue weighted by molar-refractivity contribution is 0.602. The Morgan fingerprint density at radius 2 is 1.94 bits per heavy atom. The molecular weight excluding hydrogens is 270 g/mol. The highest BCUT2D eigenvalue weighted by Gasteiger charge is 2.13. The van der Waals surface area contributed by atoms with Crippen molar-refractivity contribution in [3.63, 3.8) is 0 Å². The summed E-state index contributed by atoms with van der Waals surface area (Å²) in [6.45, 7) is 1.95. The molecule has 0 aliphatic carbocycles. The lowest BCUT2D eigenvalue weighted by atomic mass is 10.0. The summed E-state index contributed by atoms with van der Waals surface area (Å²) in [6, 6.07) is 7.36. The fraction of sp³-hybridized carbons (Fsp3) is 0.500. The second kappa shape index (κ2) is 6.45. The molecule has 1 aromatic carbocycles. The Labute approximate surface area is 111 Å². The van der Waals surface area contributed by atoms with Crippen LogP contribution < -0.4 is 5.73 Å². The van der Waals surface area contributed by atoms with Gasteiger partial charge in [-0.05, 0) is 18.1 Å². The van der Waals surface area contributed by atoms with Gasteiger partial charge in [-0.15, -0.1) is 0 Å². The summed E-state index contributed by atoms with van der Waals surface area (Å²) < 4.78 is 33.7. The molecule has 18 heavy (non-hydrogen) atoms. The van der Waals surface area contributed by atoms with Crippen LogP contribution >= 0.6 is 0 Å². The van der Waals surface area contributed by atoms with E-state index in [0.29, 0.717) is 5.75 Å². The van der Waals surface area contributed by atoms with E-state index in [-0.39, 0.29) is 17.5 Å². The lowest BCUT2D eigenvalue weighted by Gasteiger charge is -2.14. The Morgan fingerprint density at radius 3 is 2.50 bits per heavy atom. The molecule has 0 spiro atoms. The normalized spacial score (nSPS) is 15.3. The van der Waals surface area contributed by atoms with Crippen molar-refractivity contribution in [3.05, 3.63) is 35.4 Å². The van der Waals surface area contributed by atoms with Crippen LogP contribution in [0.3, 0.4) is 0 Å². The van der Waals surface area contributed by atoms with E-state index in [9.17, 15) is 12.6 Å². The van der Waals surface area contributed by atoms with Crippen LogP contribution in [0.5, 0.6) is 0 Å². The number of nitrogens with two attached hydrogens (primary N) is 1. The molecule has 0 saturated heterocycles. The molecule has 2 unspecified atom stereocenters. The smallest absolute Gasteiger partial charge is 0.148 e. The van der Waals surface area contributed by atoms with Gasteiger partial charge in [0.1, 0.15) is 9.84 Å². The number of rotatable bonds is 6. The van der Waals surface area contributed by atoms with E-state index in [1.807, 2.05) is 31.2 Å². The van der Waals surface area contributed by atoms with Gasteiger partial charge in [-0.2, -0.15) is 0 Å². The van der Waals surface area contributed by atoms with Gasteiger partial charge in [0.2, 0.25) is 0 Å². The van der Waals surface area contributed by atoms with Gasteiger partial charge in [0, 0.05) is 34.6 Å². The molecule has 2 atom stereocenters. The van der Waals surface area contributed by atoms with E-state index in [1.165, 1.54) is 0 Å². The fourth-order valence-electron chi connectivity index (χ4n) is 1.62. The Kier molecular flexibility index (Phi) is 5.49. The second-order valence-electron chi connectivity index (χ2n) is 4.40. The third kappa shape index (κ3) is 5.29. The van der Waals surface area contributed by atoms with Crippen molar-refractivity contribution in [3.8, 4) is 0 Å². The van der Waals surface area contributed by atoms with E-state index in [1.54, 1.807) is 0 Å². The maximum atomic E-state index is 11.8. The molecule has 0 heterocycles. The standard InChI is InChI=1S/C12H19NO3S2/c1-10-5-3-4-6-11(10)12(13)9-17(14)7-8-18(2,15)16/h3-6,12H,7-9,13H2,1-2H3. The van der Waals surface area contributed by atoms with Crippen LogP contribution in [0.15, 0.2) is 24.3 Å². The molecule has 0 amide bonds. The molecule has 1 aromatic rings. The average Bonchev–Trinajstić information content (AvgIpc) is 2.26. The van der Waals surface area contributed by atoms with Crippen molar-refractivity contribution in [2.45, 2.75) is 13.0 Å². The highest BCUT2D eigenvalue weighted by atomic mass is 32.2. The van der Waals surface area contributed by atoms with Crippen LogP contribution in [0.4, 0.5) is 0 Å². The number of benzene rings is 1. The second-order valence-corrected chi connectivity index (χ2v) is 8.28. The molecule has 4 nitrogen and oxygen atoms in total. The van der Waals surface area contributed by atoms with Gasteiger partial charge >= 0.3 is 0 Å². The Morgan fingerprint density at radius 1 is 1.33 bits per heavy atom. The van der Waals surface area contributed by atoms with E-state index in [2.05, 4.69) is 0 Å². The summed E-state index contributed by atoms with van der Waals surface area (Å²) in [5.41, 5.74) is 8.02. The fourth-order valence-corrected chi connectivity index (χ4v) is 4.32. The van der Waals surface area contributed by atoms with Gasteiger partial charge in [-0.3, -0.25) is 4.21 Å². The first-order chi connectivity index (χ1) is 8.29. The Hall–Kier alpha value is -0.720. The van der Waals surface area contributed by atoms with Gasteiger partial charge in [0.15, 0.2) is 0 Å². The molecule has 0 aliphatic rings. The van der Waals surface area contributed by atoms with Gasteiger partial charge < -0.3 is 5.73 Å². The lowest BCUT2D eigenvalue weighted by Crippen LogP contribution is -2.22. The summed E-state index contributed by atoms with van der Waals surface area (Å²) in [5, 5.41) is 0. The van der Waals surface area contributed by atoms with Gasteiger partial charge in [-0.1, -0.05) is 24.3 Å². The summed E-state index contributed by atoms with van der Waals surface area (Å²) in [6.07, 6.45) is 1.14. The Bertz CT molecular complexity index is 526. The molecule has 0 bridgehead atoms. The maximum Gasteiger partial charge on any atom is 0.148 e. The highest BCUT2D eigenvalue weighted by Crippen LogP contribution is 2.16. The zero-order valence-electron chi connectivity index (χ0n) is 10.6. The van der Waals surface area contributed by atoms with Crippen molar-refractivity contribution in [1.82, 2.24) is 0 Å². The van der Waals surface area contributed by atoms with Crippen molar-refractivity contribution in [2.75, 3.05) is 23.5 Å². The number of hydrogen-bond donors (Lipinski definition) is 1. The SMILES string of the molecule is Cc1ccccc1C(N)CS(=O)CCS(C)(=O)=O. The van der Waals surface area contributed by atoms with Crippen molar-refractivity contribution < 1.29 is 12.6 Å². The summed E-state index contributed by atoms with van der Waals surface area (Å²) in [5.74, 6) is 0.388. The van der Waals surface area contributed by atoms with E-state index in [0.717, 1.165) is 17.4 Å². The molecule has 0 radical (unpaired) electrons. The molecular formula is C12H19NO3S2. The molecule has 0 fully saturated rings. The summed E-state index contributed by atoms with van der Waals surface area (Å²) in [4.78, 5) is 0. The molecule has 6 heteroatoms. The van der Waals surface area contributed by atoms with Crippen LogP contribution in [0.2, 0.25) is 0 Å². The molecule has 0 aromatic heterocycles. The predicted molar refractivity (Wildman–Crippen MR) is 75.7 cm³/mol. The van der Waals surface area contributed by atoms with Crippen LogP contribution in [0.25, 0.3) is 0 Å². The maximum absolute atomic E-state index is 11.8. The summed E-state index contributed by atoms with van der Waals surface area (Å²) in [7, 11) is -4.27. The first kappa shape index (κ1) is 15.3. The van der Waals surface area contributed by atoms with Crippen LogP contribution in [-0.4, -0.2) is 36.1 Å². The average molecular weight is 289 g/mol.